The topological polar surface area (TPSA) is 47.6 Å². The zero-order chi connectivity index (χ0) is 15.4. The molecule has 0 bridgehead atoms. The first kappa shape index (κ1) is 15.4. The quantitative estimate of drug-likeness (QED) is 0.913. The largest absolute Gasteiger partial charge is 0.493 e. The lowest BCUT2D eigenvalue weighted by molar-refractivity contribution is 0.0947. The van der Waals surface area contributed by atoms with Crippen molar-refractivity contribution in [1.29, 1.82) is 0 Å². The zero-order valence-electron chi connectivity index (χ0n) is 12.6. The van der Waals surface area contributed by atoms with Gasteiger partial charge in [-0.2, -0.15) is 0 Å². The number of hydrogen-bond donors (Lipinski definition) is 1. The first-order chi connectivity index (χ1) is 10.0. The van der Waals surface area contributed by atoms with Crippen LogP contribution in [-0.4, -0.2) is 26.2 Å². The van der Waals surface area contributed by atoms with Crippen LogP contribution < -0.4 is 14.8 Å². The third-order valence-electron chi connectivity index (χ3n) is 2.92. The van der Waals surface area contributed by atoms with E-state index in [2.05, 4.69) is 5.32 Å². The van der Waals surface area contributed by atoms with Crippen molar-refractivity contribution in [3.05, 3.63) is 35.2 Å². The van der Waals surface area contributed by atoms with Gasteiger partial charge in [0.1, 0.15) is 0 Å². The minimum atomic E-state index is -0.0401. The molecule has 21 heavy (non-hydrogen) atoms. The predicted molar refractivity (Wildman–Crippen MR) is 87.6 cm³/mol. The van der Waals surface area contributed by atoms with Gasteiger partial charge in [0.05, 0.1) is 19.1 Å². The second-order valence-corrected chi connectivity index (χ2v) is 5.95. The lowest BCUT2D eigenvalue weighted by atomic mass is 10.1. The van der Waals surface area contributed by atoms with Crippen molar-refractivity contribution in [1.82, 2.24) is 5.32 Å². The molecule has 1 aromatic heterocycles. The Morgan fingerprint density at radius 2 is 1.86 bits per heavy atom. The Morgan fingerprint density at radius 3 is 2.48 bits per heavy atom. The molecule has 0 spiro atoms. The average molecular weight is 307 g/mol. The molecule has 1 N–H and O–H groups in total. The Bertz CT molecular complexity index is 640. The zero-order valence-corrected chi connectivity index (χ0v) is 13.4. The van der Waals surface area contributed by atoms with Gasteiger partial charge in [-0.1, -0.05) is 0 Å². The molecule has 5 heteroatoms. The van der Waals surface area contributed by atoms with Crippen LogP contribution in [0.15, 0.2) is 30.3 Å². The fourth-order valence-electron chi connectivity index (χ4n) is 1.94. The van der Waals surface area contributed by atoms with E-state index in [1.165, 1.54) is 11.3 Å². The molecule has 2 aromatic rings. The highest BCUT2D eigenvalue weighted by molar-refractivity contribution is 7.17. The van der Waals surface area contributed by atoms with Gasteiger partial charge in [-0.25, -0.2) is 0 Å². The van der Waals surface area contributed by atoms with Crippen molar-refractivity contribution in [2.45, 2.75) is 19.9 Å². The van der Waals surface area contributed by atoms with Crippen LogP contribution in [0.25, 0.3) is 10.4 Å². The molecule has 0 atom stereocenters. The molecule has 0 aliphatic heterocycles. The second-order valence-electron chi connectivity index (χ2n) is 4.86. The molecule has 1 amide bonds. The van der Waals surface area contributed by atoms with Crippen LogP contribution in [0.2, 0.25) is 0 Å². The van der Waals surface area contributed by atoms with E-state index in [0.29, 0.717) is 16.4 Å². The summed E-state index contributed by atoms with van der Waals surface area (Å²) < 4.78 is 10.5. The number of hydrogen-bond acceptors (Lipinski definition) is 4. The van der Waals surface area contributed by atoms with E-state index < -0.39 is 0 Å². The summed E-state index contributed by atoms with van der Waals surface area (Å²) in [5.41, 5.74) is 1.00. The summed E-state index contributed by atoms with van der Waals surface area (Å²) >= 11 is 1.46. The molecule has 1 heterocycles. The minimum Gasteiger partial charge on any atom is -0.493 e. The number of methoxy groups -OCH3 is 2. The third-order valence-corrected chi connectivity index (χ3v) is 4.05. The van der Waals surface area contributed by atoms with Crippen molar-refractivity contribution in [3.63, 3.8) is 0 Å². The first-order valence-corrected chi connectivity index (χ1v) is 7.50. The first-order valence-electron chi connectivity index (χ1n) is 6.68. The molecular weight excluding hydrogens is 286 g/mol. The van der Waals surface area contributed by atoms with Gasteiger partial charge in [-0.05, 0) is 49.7 Å². The summed E-state index contributed by atoms with van der Waals surface area (Å²) in [4.78, 5) is 13.7. The molecule has 114 valence electrons. The summed E-state index contributed by atoms with van der Waals surface area (Å²) in [7, 11) is 3.22. The SMILES string of the molecule is COc1ccc(-c2ccc(C(=O)NC(C)C)s2)cc1OC.[HH]. The fraction of sp³-hybridized carbons (Fsp3) is 0.312. The predicted octanol–water partition coefficient (Wildman–Crippen LogP) is 3.82. The number of benzene rings is 1. The monoisotopic (exact) mass is 307 g/mol. The smallest absolute Gasteiger partial charge is 0.261 e. The molecule has 0 aliphatic carbocycles. The fourth-order valence-corrected chi connectivity index (χ4v) is 2.84. The molecule has 0 fully saturated rings. The molecule has 2 rings (SSSR count). The summed E-state index contributed by atoms with van der Waals surface area (Å²) in [6.07, 6.45) is 0. The number of ether oxygens (including phenoxy) is 2. The number of carbonyl (C=O) groups is 1. The van der Waals surface area contributed by atoms with Crippen LogP contribution in [0.4, 0.5) is 0 Å². The number of carbonyl (C=O) groups excluding carboxylic acids is 1. The maximum Gasteiger partial charge on any atom is 0.261 e. The standard InChI is InChI=1S/C16H19NO3S.H2/c1-10(2)17-16(18)15-8-7-14(21-15)11-5-6-12(19-3)13(9-11)20-4;/h5-10H,1-4H3,(H,17,18);1H. The summed E-state index contributed by atoms with van der Waals surface area (Å²) in [5.74, 6) is 1.33. The molecule has 0 saturated carbocycles. The molecule has 0 radical (unpaired) electrons. The van der Waals surface area contributed by atoms with Gasteiger partial charge in [-0.15, -0.1) is 11.3 Å². The van der Waals surface area contributed by atoms with Crippen LogP contribution in [0.5, 0.6) is 11.5 Å². The van der Waals surface area contributed by atoms with Gasteiger partial charge >= 0.3 is 0 Å². The number of amides is 1. The third kappa shape index (κ3) is 3.55. The van der Waals surface area contributed by atoms with Crippen LogP contribution in [0.1, 0.15) is 24.9 Å². The van der Waals surface area contributed by atoms with Crippen molar-refractivity contribution in [2.75, 3.05) is 14.2 Å². The Labute approximate surface area is 130 Å². The highest BCUT2D eigenvalue weighted by atomic mass is 32.1. The van der Waals surface area contributed by atoms with Gasteiger partial charge in [0.2, 0.25) is 0 Å². The second kappa shape index (κ2) is 6.63. The average Bonchev–Trinajstić information content (AvgIpc) is 2.95. The maximum absolute atomic E-state index is 12.0. The van der Waals surface area contributed by atoms with Crippen molar-refractivity contribution in [3.8, 4) is 21.9 Å². The van der Waals surface area contributed by atoms with Crippen LogP contribution in [0, 0.1) is 0 Å². The molecule has 4 nitrogen and oxygen atoms in total. The van der Waals surface area contributed by atoms with E-state index in [0.717, 1.165) is 10.4 Å². The van der Waals surface area contributed by atoms with Crippen LogP contribution in [0.3, 0.4) is 0 Å². The van der Waals surface area contributed by atoms with E-state index in [9.17, 15) is 4.79 Å². The number of nitrogens with one attached hydrogen (secondary N) is 1. The number of rotatable bonds is 5. The molecule has 1 aromatic carbocycles. The highest BCUT2D eigenvalue weighted by Crippen LogP contribution is 2.35. The summed E-state index contributed by atoms with van der Waals surface area (Å²) in [6.45, 7) is 3.89. The number of thiophene rings is 1. The van der Waals surface area contributed by atoms with Crippen LogP contribution in [-0.2, 0) is 0 Å². The normalized spacial score (nSPS) is 10.5. The molecule has 0 saturated heterocycles. The van der Waals surface area contributed by atoms with Crippen molar-refractivity contribution < 1.29 is 15.7 Å². The van der Waals surface area contributed by atoms with Crippen molar-refractivity contribution >= 4 is 17.2 Å². The van der Waals surface area contributed by atoms with Gasteiger partial charge < -0.3 is 14.8 Å². The van der Waals surface area contributed by atoms with E-state index in [1.807, 2.05) is 44.2 Å². The van der Waals surface area contributed by atoms with Crippen LogP contribution >= 0.6 is 11.3 Å². The Morgan fingerprint density at radius 1 is 1.14 bits per heavy atom. The van der Waals surface area contributed by atoms with Gasteiger partial charge in [0, 0.05) is 12.3 Å². The van der Waals surface area contributed by atoms with E-state index in [4.69, 9.17) is 9.47 Å². The Kier molecular flexibility index (Phi) is 4.85. The minimum absolute atomic E-state index is 0. The van der Waals surface area contributed by atoms with E-state index >= 15 is 0 Å². The summed E-state index contributed by atoms with van der Waals surface area (Å²) in [5, 5.41) is 2.89. The van der Waals surface area contributed by atoms with E-state index in [1.54, 1.807) is 14.2 Å². The molecule has 0 unspecified atom stereocenters. The van der Waals surface area contributed by atoms with Gasteiger partial charge in [0.15, 0.2) is 11.5 Å². The summed E-state index contributed by atoms with van der Waals surface area (Å²) in [6, 6.07) is 9.65. The molecular formula is C16H21NO3S. The Balaban J connectivity index is 0.00000242. The van der Waals surface area contributed by atoms with Gasteiger partial charge in [-0.3, -0.25) is 4.79 Å². The van der Waals surface area contributed by atoms with Gasteiger partial charge in [0.25, 0.3) is 5.91 Å². The van der Waals surface area contributed by atoms with Crippen molar-refractivity contribution in [2.24, 2.45) is 0 Å². The van der Waals surface area contributed by atoms with E-state index in [-0.39, 0.29) is 13.4 Å². The molecule has 0 aliphatic rings. The maximum atomic E-state index is 12.0. The lowest BCUT2D eigenvalue weighted by Gasteiger charge is -2.08. The lowest BCUT2D eigenvalue weighted by Crippen LogP contribution is -2.29. The Hall–Kier alpha value is -2.01. The highest BCUT2D eigenvalue weighted by Gasteiger charge is 2.12.